The van der Waals surface area contributed by atoms with E-state index in [4.69, 9.17) is 14.4 Å². The number of benzene rings is 6. The van der Waals surface area contributed by atoms with Crippen LogP contribution in [-0.4, -0.2) is 18.2 Å². The summed E-state index contributed by atoms with van der Waals surface area (Å²) >= 11 is 0. The average Bonchev–Trinajstić information content (AvgIpc) is 3.48. The first-order valence-electron chi connectivity index (χ1n) is 15.3. The third kappa shape index (κ3) is 4.32. The molecule has 0 bridgehead atoms. The van der Waals surface area contributed by atoms with E-state index in [2.05, 4.69) is 114 Å². The zero-order valence-corrected chi connectivity index (χ0v) is 24.4. The van der Waals surface area contributed by atoms with Crippen LogP contribution in [0.1, 0.15) is 28.4 Å². The number of furan rings is 1. The number of fused-ring (bicyclic) bond motifs is 5. The molecule has 0 fully saturated rings. The third-order valence-electron chi connectivity index (χ3n) is 8.73. The van der Waals surface area contributed by atoms with Crippen molar-refractivity contribution in [3.05, 3.63) is 156 Å². The minimum Gasteiger partial charge on any atom is -0.456 e. The van der Waals surface area contributed by atoms with Crippen molar-refractivity contribution in [1.82, 2.24) is 5.32 Å². The van der Waals surface area contributed by atoms with Crippen LogP contribution in [0.2, 0.25) is 0 Å². The van der Waals surface area contributed by atoms with E-state index >= 15 is 0 Å². The quantitative estimate of drug-likeness (QED) is 0.218. The summed E-state index contributed by atoms with van der Waals surface area (Å²) in [6, 6.07) is 44.3. The molecule has 2 N–H and O–H groups in total. The molecule has 0 amide bonds. The normalized spacial score (nSPS) is 15.8. The van der Waals surface area contributed by atoms with Gasteiger partial charge >= 0.3 is 0 Å². The fourth-order valence-electron chi connectivity index (χ4n) is 6.61. The average molecular weight is 581 g/mol. The topological polar surface area (TPSA) is 61.9 Å². The van der Waals surface area contributed by atoms with Crippen molar-refractivity contribution in [2.24, 2.45) is 9.98 Å². The Labute approximate surface area is 260 Å². The summed E-state index contributed by atoms with van der Waals surface area (Å²) in [5, 5.41) is 11.7. The van der Waals surface area contributed by atoms with E-state index in [1.807, 2.05) is 36.4 Å². The largest absolute Gasteiger partial charge is 0.456 e. The van der Waals surface area contributed by atoms with Gasteiger partial charge in [-0.15, -0.1) is 0 Å². The van der Waals surface area contributed by atoms with Crippen molar-refractivity contribution in [1.29, 1.82) is 0 Å². The zero-order valence-electron chi connectivity index (χ0n) is 24.4. The minimum absolute atomic E-state index is 0.257. The SMILES string of the molecule is C1=Cc2cc3oc4cccc(-c5ccc(C6=NC(c7ccccc7)=NC(c7ccccc7)N6)c6ccccc56)c4c3cc2NC1. The lowest BCUT2D eigenvalue weighted by Crippen LogP contribution is -2.33. The highest BCUT2D eigenvalue weighted by atomic mass is 16.3. The third-order valence-corrected chi connectivity index (χ3v) is 8.73. The molecule has 6 aromatic carbocycles. The van der Waals surface area contributed by atoms with Crippen LogP contribution < -0.4 is 10.6 Å². The van der Waals surface area contributed by atoms with Crippen LogP contribution in [-0.2, 0) is 0 Å². The lowest BCUT2D eigenvalue weighted by Gasteiger charge is -2.24. The van der Waals surface area contributed by atoms with Gasteiger partial charge in [0.25, 0.3) is 0 Å². The van der Waals surface area contributed by atoms with E-state index < -0.39 is 0 Å². The van der Waals surface area contributed by atoms with Gasteiger partial charge in [0.1, 0.15) is 23.2 Å². The number of nitrogens with one attached hydrogen (secondary N) is 2. The molecular weight excluding hydrogens is 552 g/mol. The first kappa shape index (κ1) is 25.5. The van der Waals surface area contributed by atoms with Gasteiger partial charge in [0.2, 0.25) is 0 Å². The molecule has 7 aromatic rings. The second-order valence-corrected chi connectivity index (χ2v) is 11.4. The molecule has 5 nitrogen and oxygen atoms in total. The highest BCUT2D eigenvalue weighted by Gasteiger charge is 2.23. The Morgan fingerprint density at radius 2 is 1.40 bits per heavy atom. The maximum absolute atomic E-state index is 6.42. The highest BCUT2D eigenvalue weighted by Crippen LogP contribution is 2.42. The van der Waals surface area contributed by atoms with Gasteiger partial charge in [-0.05, 0) is 45.7 Å². The predicted octanol–water partition coefficient (Wildman–Crippen LogP) is 9.34. The summed E-state index contributed by atoms with van der Waals surface area (Å²) in [5.74, 6) is 1.52. The first-order chi connectivity index (χ1) is 22.3. The summed E-state index contributed by atoms with van der Waals surface area (Å²) in [6.07, 6.45) is 4.04. The fraction of sp³-hybridized carbons (Fsp3) is 0.0500. The van der Waals surface area contributed by atoms with Gasteiger partial charge in [-0.3, -0.25) is 0 Å². The molecule has 0 aliphatic carbocycles. The van der Waals surface area contributed by atoms with Crippen molar-refractivity contribution in [2.45, 2.75) is 6.17 Å². The van der Waals surface area contributed by atoms with Crippen LogP contribution in [0.25, 0.3) is 49.9 Å². The molecule has 0 radical (unpaired) electrons. The van der Waals surface area contributed by atoms with Crippen molar-refractivity contribution in [3.8, 4) is 11.1 Å². The van der Waals surface area contributed by atoms with Gasteiger partial charge in [-0.1, -0.05) is 121 Å². The molecule has 45 heavy (non-hydrogen) atoms. The number of aliphatic imine (C=N–C) groups is 2. The summed E-state index contributed by atoms with van der Waals surface area (Å²) in [5.41, 5.74) is 9.47. The molecule has 0 spiro atoms. The lowest BCUT2D eigenvalue weighted by atomic mass is 9.91. The van der Waals surface area contributed by atoms with Crippen molar-refractivity contribution in [3.63, 3.8) is 0 Å². The molecule has 1 unspecified atom stereocenters. The van der Waals surface area contributed by atoms with Crippen LogP contribution >= 0.6 is 0 Å². The molecule has 9 rings (SSSR count). The van der Waals surface area contributed by atoms with E-state index in [9.17, 15) is 0 Å². The maximum Gasteiger partial charge on any atom is 0.159 e. The second kappa shape index (κ2) is 10.4. The molecule has 0 saturated carbocycles. The lowest BCUT2D eigenvalue weighted by molar-refractivity contribution is 0.669. The highest BCUT2D eigenvalue weighted by molar-refractivity contribution is 6.21. The Hall–Kier alpha value is -5.94. The zero-order chi connectivity index (χ0) is 29.7. The number of hydrogen-bond acceptors (Lipinski definition) is 5. The monoisotopic (exact) mass is 580 g/mol. The number of hydrogen-bond donors (Lipinski definition) is 2. The molecule has 0 saturated heterocycles. The van der Waals surface area contributed by atoms with Crippen LogP contribution in [0.15, 0.2) is 148 Å². The predicted molar refractivity (Wildman–Crippen MR) is 186 cm³/mol. The van der Waals surface area contributed by atoms with Crippen molar-refractivity contribution >= 4 is 56.1 Å². The van der Waals surface area contributed by atoms with Gasteiger partial charge in [0.05, 0.1) is 0 Å². The summed E-state index contributed by atoms with van der Waals surface area (Å²) in [4.78, 5) is 10.1. The molecule has 2 aliphatic heterocycles. The number of anilines is 1. The van der Waals surface area contributed by atoms with E-state index in [-0.39, 0.29) is 6.17 Å². The van der Waals surface area contributed by atoms with E-state index in [1.165, 1.54) is 0 Å². The van der Waals surface area contributed by atoms with E-state index in [0.29, 0.717) is 5.84 Å². The fourth-order valence-corrected chi connectivity index (χ4v) is 6.61. The Morgan fingerprint density at radius 3 is 2.24 bits per heavy atom. The van der Waals surface area contributed by atoms with Gasteiger partial charge in [0.15, 0.2) is 5.84 Å². The van der Waals surface area contributed by atoms with Gasteiger partial charge < -0.3 is 15.1 Å². The minimum atomic E-state index is -0.257. The van der Waals surface area contributed by atoms with Crippen LogP contribution in [0.4, 0.5) is 5.69 Å². The molecule has 1 atom stereocenters. The van der Waals surface area contributed by atoms with Crippen LogP contribution in [0.5, 0.6) is 0 Å². The second-order valence-electron chi connectivity index (χ2n) is 11.4. The molecule has 1 aromatic heterocycles. The Morgan fingerprint density at radius 1 is 0.644 bits per heavy atom. The first-order valence-corrected chi connectivity index (χ1v) is 15.3. The Balaban J connectivity index is 1.22. The molecular formula is C40H28N4O. The van der Waals surface area contributed by atoms with Crippen molar-refractivity contribution < 1.29 is 4.42 Å². The summed E-state index contributed by atoms with van der Waals surface area (Å²) < 4.78 is 6.42. The number of amidine groups is 2. The number of rotatable bonds is 4. The molecule has 3 heterocycles. The molecule has 2 aliphatic rings. The summed E-state index contributed by atoms with van der Waals surface area (Å²) in [7, 11) is 0. The standard InChI is InChI=1S/C40H28N4O/c1-3-11-25(12-4-1)38-42-39(26-13-5-2-6-14-26)44-40(43-38)32-21-20-30(28-16-7-8-17-29(28)32)31-18-9-19-35-37(31)33-24-34-27(15-10-22-41-34)23-36(33)45-35/h1-21,23-24,38,41H,22H2,(H,42,43,44). The van der Waals surface area contributed by atoms with Crippen LogP contribution in [0, 0.1) is 0 Å². The van der Waals surface area contributed by atoms with Gasteiger partial charge in [-0.25, -0.2) is 9.98 Å². The Bertz CT molecular complexity index is 2350. The molecule has 5 heteroatoms. The van der Waals surface area contributed by atoms with E-state index in [0.717, 1.165) is 84.2 Å². The van der Waals surface area contributed by atoms with Crippen molar-refractivity contribution in [2.75, 3.05) is 11.9 Å². The van der Waals surface area contributed by atoms with E-state index in [1.54, 1.807) is 0 Å². The Kier molecular flexibility index (Phi) is 5.88. The smallest absolute Gasteiger partial charge is 0.159 e. The maximum atomic E-state index is 6.42. The summed E-state index contributed by atoms with van der Waals surface area (Å²) in [6.45, 7) is 0.826. The van der Waals surface area contributed by atoms with Gasteiger partial charge in [0, 0.05) is 39.7 Å². The van der Waals surface area contributed by atoms with Gasteiger partial charge in [-0.2, -0.15) is 0 Å². The molecule has 214 valence electrons. The van der Waals surface area contributed by atoms with Crippen LogP contribution in [0.3, 0.4) is 0 Å². The number of nitrogens with zero attached hydrogens (tertiary/aromatic N) is 2.